The fourth-order valence-electron chi connectivity index (χ4n) is 3.47. The summed E-state index contributed by atoms with van der Waals surface area (Å²) in [6.45, 7) is 5.13. The zero-order valence-electron chi connectivity index (χ0n) is 16.8. The normalized spacial score (nSPS) is 15.9. The Morgan fingerprint density at radius 1 is 1.03 bits per heavy atom. The minimum Gasteiger partial charge on any atom is -0.326 e. The van der Waals surface area contributed by atoms with E-state index in [0.29, 0.717) is 24.6 Å². The summed E-state index contributed by atoms with van der Waals surface area (Å²) in [5.41, 5.74) is 1.91. The molecule has 0 saturated carbocycles. The van der Waals surface area contributed by atoms with Gasteiger partial charge in [-0.1, -0.05) is 37.3 Å². The number of carbonyl (C=O) groups excluding carboxylic acids is 1. The predicted octanol–water partition coefficient (Wildman–Crippen LogP) is 3.23. The Hall–Kier alpha value is -2.22. The lowest BCUT2D eigenvalue weighted by Gasteiger charge is -2.32. The van der Waals surface area contributed by atoms with Crippen LogP contribution in [0.15, 0.2) is 59.5 Å². The maximum atomic E-state index is 12.6. The number of nitrogens with one attached hydrogen (secondary N) is 2. The Labute approximate surface area is 173 Å². The number of hydrogen-bond acceptors (Lipinski definition) is 4. The summed E-state index contributed by atoms with van der Waals surface area (Å²) in [5, 5.41) is 2.72. The molecule has 0 atom stereocenters. The minimum atomic E-state index is -3.55. The molecule has 7 heteroatoms. The fraction of sp³-hybridized carbons (Fsp3) is 0.409. The first-order chi connectivity index (χ1) is 14.0. The highest BCUT2D eigenvalue weighted by molar-refractivity contribution is 7.89. The van der Waals surface area contributed by atoms with E-state index in [1.807, 2.05) is 6.07 Å². The van der Waals surface area contributed by atoms with Crippen LogP contribution in [-0.4, -0.2) is 38.9 Å². The molecule has 1 heterocycles. The highest BCUT2D eigenvalue weighted by Crippen LogP contribution is 2.20. The summed E-state index contributed by atoms with van der Waals surface area (Å²) in [7, 11) is -3.55. The Morgan fingerprint density at radius 2 is 1.69 bits per heavy atom. The maximum Gasteiger partial charge on any atom is 0.240 e. The third kappa shape index (κ3) is 6.39. The summed E-state index contributed by atoms with van der Waals surface area (Å²) < 4.78 is 27.9. The molecule has 1 saturated heterocycles. The van der Waals surface area contributed by atoms with Crippen LogP contribution in [0.25, 0.3) is 0 Å². The fourth-order valence-corrected chi connectivity index (χ4v) is 4.58. The monoisotopic (exact) mass is 415 g/mol. The molecule has 0 spiro atoms. The zero-order chi connectivity index (χ0) is 20.7. The van der Waals surface area contributed by atoms with Crippen LogP contribution in [0.5, 0.6) is 0 Å². The van der Waals surface area contributed by atoms with Crippen LogP contribution in [0.3, 0.4) is 0 Å². The van der Waals surface area contributed by atoms with Gasteiger partial charge in [-0.3, -0.25) is 9.69 Å². The number of hydrogen-bond donors (Lipinski definition) is 2. The topological polar surface area (TPSA) is 78.5 Å². The van der Waals surface area contributed by atoms with Gasteiger partial charge in [0.25, 0.3) is 0 Å². The predicted molar refractivity (Wildman–Crippen MR) is 115 cm³/mol. The van der Waals surface area contributed by atoms with E-state index < -0.39 is 10.0 Å². The van der Waals surface area contributed by atoms with Gasteiger partial charge in [0.2, 0.25) is 15.9 Å². The van der Waals surface area contributed by atoms with Gasteiger partial charge in [-0.25, -0.2) is 13.1 Å². The van der Waals surface area contributed by atoms with Gasteiger partial charge in [0, 0.05) is 25.2 Å². The number of carbonyl (C=O) groups is 1. The molecule has 29 heavy (non-hydrogen) atoms. The molecule has 2 N–H and O–H groups in total. The van der Waals surface area contributed by atoms with Crippen molar-refractivity contribution in [3.05, 3.63) is 60.2 Å². The van der Waals surface area contributed by atoms with Crippen molar-refractivity contribution in [2.24, 2.45) is 5.92 Å². The molecule has 2 aromatic carbocycles. The van der Waals surface area contributed by atoms with Gasteiger partial charge in [-0.2, -0.15) is 0 Å². The van der Waals surface area contributed by atoms with E-state index in [9.17, 15) is 13.2 Å². The van der Waals surface area contributed by atoms with Crippen LogP contribution < -0.4 is 10.0 Å². The first-order valence-electron chi connectivity index (χ1n) is 10.1. The van der Waals surface area contributed by atoms with E-state index in [0.717, 1.165) is 32.5 Å². The quantitative estimate of drug-likeness (QED) is 0.694. The van der Waals surface area contributed by atoms with E-state index >= 15 is 0 Å². The van der Waals surface area contributed by atoms with Crippen LogP contribution in [0.2, 0.25) is 0 Å². The van der Waals surface area contributed by atoms with Crippen LogP contribution in [0, 0.1) is 5.92 Å². The lowest BCUT2D eigenvalue weighted by Crippen LogP contribution is -2.38. The largest absolute Gasteiger partial charge is 0.326 e. The van der Waals surface area contributed by atoms with Gasteiger partial charge in [0.05, 0.1) is 4.90 Å². The van der Waals surface area contributed by atoms with E-state index in [-0.39, 0.29) is 10.8 Å². The van der Waals surface area contributed by atoms with E-state index in [1.165, 1.54) is 17.7 Å². The van der Waals surface area contributed by atoms with E-state index in [4.69, 9.17) is 0 Å². The summed E-state index contributed by atoms with van der Waals surface area (Å²) >= 11 is 0. The van der Waals surface area contributed by atoms with Crippen molar-refractivity contribution in [1.82, 2.24) is 9.62 Å². The molecule has 3 rings (SSSR count). The number of anilines is 1. The zero-order valence-corrected chi connectivity index (χ0v) is 17.6. The Kier molecular flexibility index (Phi) is 7.41. The SMILES string of the molecule is CCC(=O)Nc1ccc(S(=O)(=O)NCC2CCN(Cc3ccccc3)CC2)cc1. The maximum absolute atomic E-state index is 12.6. The average molecular weight is 416 g/mol. The highest BCUT2D eigenvalue weighted by atomic mass is 32.2. The first-order valence-corrected chi connectivity index (χ1v) is 11.6. The second-order valence-electron chi connectivity index (χ2n) is 7.48. The molecule has 1 fully saturated rings. The van der Waals surface area contributed by atoms with Crippen molar-refractivity contribution in [2.75, 3.05) is 25.0 Å². The molecular weight excluding hydrogens is 386 g/mol. The van der Waals surface area contributed by atoms with Gasteiger partial charge in [0.1, 0.15) is 0 Å². The first kappa shape index (κ1) is 21.5. The standard InChI is InChI=1S/C22H29N3O3S/c1-2-22(26)24-20-8-10-21(11-9-20)29(27,28)23-16-18-12-14-25(15-13-18)17-19-6-4-3-5-7-19/h3-11,18,23H,2,12-17H2,1H3,(H,24,26). The van der Waals surface area contributed by atoms with Crippen molar-refractivity contribution in [2.45, 2.75) is 37.6 Å². The van der Waals surface area contributed by atoms with Crippen LogP contribution in [-0.2, 0) is 21.4 Å². The Balaban J connectivity index is 1.46. The smallest absolute Gasteiger partial charge is 0.240 e. The van der Waals surface area contributed by atoms with Crippen molar-refractivity contribution in [1.29, 1.82) is 0 Å². The number of benzene rings is 2. The number of amides is 1. The average Bonchev–Trinajstić information content (AvgIpc) is 2.74. The van der Waals surface area contributed by atoms with Crippen LogP contribution in [0.4, 0.5) is 5.69 Å². The molecule has 0 aromatic heterocycles. The third-order valence-electron chi connectivity index (χ3n) is 5.29. The second kappa shape index (κ2) is 10.0. The van der Waals surface area contributed by atoms with Gasteiger partial charge in [-0.05, 0) is 61.7 Å². The van der Waals surface area contributed by atoms with Crippen molar-refractivity contribution >= 4 is 21.6 Å². The summed E-state index contributed by atoms with van der Waals surface area (Å²) in [6, 6.07) is 16.7. The van der Waals surface area contributed by atoms with E-state index in [1.54, 1.807) is 19.1 Å². The number of nitrogens with zero attached hydrogens (tertiary/aromatic N) is 1. The van der Waals surface area contributed by atoms with Gasteiger partial charge >= 0.3 is 0 Å². The second-order valence-corrected chi connectivity index (χ2v) is 9.25. The molecule has 1 aliphatic rings. The Morgan fingerprint density at radius 3 is 2.31 bits per heavy atom. The van der Waals surface area contributed by atoms with Crippen LogP contribution >= 0.6 is 0 Å². The Bertz CT molecular complexity index is 891. The third-order valence-corrected chi connectivity index (χ3v) is 6.73. The molecule has 0 radical (unpaired) electrons. The van der Waals surface area contributed by atoms with Crippen molar-refractivity contribution in [3.8, 4) is 0 Å². The molecule has 6 nitrogen and oxygen atoms in total. The lowest BCUT2D eigenvalue weighted by molar-refractivity contribution is -0.115. The lowest BCUT2D eigenvalue weighted by atomic mass is 9.97. The van der Waals surface area contributed by atoms with Gasteiger partial charge in [-0.15, -0.1) is 0 Å². The summed E-state index contributed by atoms with van der Waals surface area (Å²) in [4.78, 5) is 14.1. The highest BCUT2D eigenvalue weighted by Gasteiger charge is 2.22. The molecule has 0 bridgehead atoms. The molecule has 1 amide bonds. The number of piperidine rings is 1. The number of likely N-dealkylation sites (tertiary alicyclic amines) is 1. The van der Waals surface area contributed by atoms with Crippen molar-refractivity contribution < 1.29 is 13.2 Å². The van der Waals surface area contributed by atoms with Crippen molar-refractivity contribution in [3.63, 3.8) is 0 Å². The van der Waals surface area contributed by atoms with Gasteiger partial charge < -0.3 is 5.32 Å². The molecule has 0 aliphatic carbocycles. The van der Waals surface area contributed by atoms with E-state index in [2.05, 4.69) is 39.2 Å². The number of rotatable bonds is 8. The van der Waals surface area contributed by atoms with Gasteiger partial charge in [0.15, 0.2) is 0 Å². The molecule has 1 aliphatic heterocycles. The molecule has 156 valence electrons. The summed E-state index contributed by atoms with van der Waals surface area (Å²) in [6.07, 6.45) is 2.35. The molecule has 0 unspecified atom stereocenters. The molecule has 2 aromatic rings. The van der Waals surface area contributed by atoms with Crippen LogP contribution in [0.1, 0.15) is 31.7 Å². The summed E-state index contributed by atoms with van der Waals surface area (Å²) in [5.74, 6) is 0.247. The minimum absolute atomic E-state index is 0.0997. The molecular formula is C22H29N3O3S. The number of sulfonamides is 1.